The Morgan fingerprint density at radius 1 is 1.12 bits per heavy atom. The van der Waals surface area contributed by atoms with Gasteiger partial charge in [-0.3, -0.25) is 4.79 Å². The first kappa shape index (κ1) is 17.2. The number of benzene rings is 2. The number of anilines is 1. The lowest BCUT2D eigenvalue weighted by atomic mass is 10.1. The number of aromatic nitrogens is 1. The Bertz CT molecular complexity index is 911. The molecule has 5 heteroatoms. The lowest BCUT2D eigenvalue weighted by molar-refractivity contribution is -0.896. The van der Waals surface area contributed by atoms with E-state index in [1.807, 2.05) is 24.3 Å². The van der Waals surface area contributed by atoms with Crippen LogP contribution < -0.4 is 10.2 Å². The van der Waals surface area contributed by atoms with Gasteiger partial charge in [0.15, 0.2) is 6.54 Å². The number of thiazole rings is 1. The lowest BCUT2D eigenvalue weighted by Gasteiger charge is -2.22. The number of piperidine rings is 1. The minimum atomic E-state index is 0.102. The second-order valence-corrected chi connectivity index (χ2v) is 8.13. The number of fused-ring (bicyclic) bond motifs is 1. The van der Waals surface area contributed by atoms with Crippen LogP contribution >= 0.6 is 11.3 Å². The molecule has 0 aliphatic carbocycles. The van der Waals surface area contributed by atoms with Crippen molar-refractivity contribution in [3.8, 4) is 10.6 Å². The molecule has 4 rings (SSSR count). The van der Waals surface area contributed by atoms with Crippen molar-refractivity contribution in [2.24, 2.45) is 0 Å². The van der Waals surface area contributed by atoms with Crippen LogP contribution in [0.2, 0.25) is 0 Å². The van der Waals surface area contributed by atoms with Gasteiger partial charge in [0.1, 0.15) is 5.01 Å². The summed E-state index contributed by atoms with van der Waals surface area (Å²) in [5, 5.41) is 4.04. The number of nitrogens with one attached hydrogen (secondary N) is 2. The second-order valence-electron chi connectivity index (χ2n) is 7.10. The van der Waals surface area contributed by atoms with Crippen LogP contribution in [-0.4, -0.2) is 30.5 Å². The highest BCUT2D eigenvalue weighted by Crippen LogP contribution is 2.31. The van der Waals surface area contributed by atoms with Crippen LogP contribution in [0, 0.1) is 6.92 Å². The third-order valence-corrected chi connectivity index (χ3v) is 6.00. The summed E-state index contributed by atoms with van der Waals surface area (Å²) in [6.45, 7) is 4.90. The maximum Gasteiger partial charge on any atom is 0.279 e. The van der Waals surface area contributed by atoms with Crippen molar-refractivity contribution in [3.63, 3.8) is 0 Å². The van der Waals surface area contributed by atoms with Crippen molar-refractivity contribution in [1.29, 1.82) is 0 Å². The number of aryl methyl sites for hydroxylation is 1. The SMILES string of the molecule is Cc1ccc2nc(-c3ccc(NC(=O)C[NH+]4CCCCC4)cc3)sc2c1. The van der Waals surface area contributed by atoms with Crippen molar-refractivity contribution in [1.82, 2.24) is 4.98 Å². The highest BCUT2D eigenvalue weighted by molar-refractivity contribution is 7.21. The Balaban J connectivity index is 1.43. The van der Waals surface area contributed by atoms with E-state index < -0.39 is 0 Å². The van der Waals surface area contributed by atoms with Crippen LogP contribution in [0.25, 0.3) is 20.8 Å². The summed E-state index contributed by atoms with van der Waals surface area (Å²) in [6.07, 6.45) is 3.77. The number of carbonyl (C=O) groups excluding carboxylic acids is 1. The Hall–Kier alpha value is -2.24. The predicted octanol–water partition coefficient (Wildman–Crippen LogP) is 3.28. The van der Waals surface area contributed by atoms with E-state index in [1.165, 1.54) is 34.4 Å². The fourth-order valence-electron chi connectivity index (χ4n) is 3.51. The molecule has 0 spiro atoms. The first-order chi connectivity index (χ1) is 12.7. The second kappa shape index (κ2) is 7.56. The normalized spacial score (nSPS) is 15.3. The molecule has 2 heterocycles. The minimum Gasteiger partial charge on any atom is -0.327 e. The van der Waals surface area contributed by atoms with Gasteiger partial charge in [0, 0.05) is 11.3 Å². The van der Waals surface area contributed by atoms with Crippen LogP contribution in [0.3, 0.4) is 0 Å². The molecule has 4 nitrogen and oxygen atoms in total. The Morgan fingerprint density at radius 3 is 2.65 bits per heavy atom. The number of likely N-dealkylation sites (tertiary alicyclic amines) is 1. The summed E-state index contributed by atoms with van der Waals surface area (Å²) in [4.78, 5) is 18.4. The van der Waals surface area contributed by atoms with E-state index in [0.29, 0.717) is 6.54 Å². The summed E-state index contributed by atoms with van der Waals surface area (Å²) in [5.74, 6) is 0.102. The number of nitrogens with zero attached hydrogens (tertiary/aromatic N) is 1. The van der Waals surface area contributed by atoms with Gasteiger partial charge in [-0.05, 0) is 68.1 Å². The molecule has 1 fully saturated rings. The molecule has 0 radical (unpaired) electrons. The largest absolute Gasteiger partial charge is 0.327 e. The van der Waals surface area contributed by atoms with E-state index in [9.17, 15) is 4.79 Å². The van der Waals surface area contributed by atoms with Gasteiger partial charge in [0.05, 0.1) is 23.3 Å². The van der Waals surface area contributed by atoms with Gasteiger partial charge < -0.3 is 10.2 Å². The van der Waals surface area contributed by atoms with Gasteiger partial charge >= 0.3 is 0 Å². The fraction of sp³-hybridized carbons (Fsp3) is 0.333. The topological polar surface area (TPSA) is 46.4 Å². The van der Waals surface area contributed by atoms with Gasteiger partial charge in [-0.1, -0.05) is 6.07 Å². The summed E-state index contributed by atoms with van der Waals surface area (Å²) >= 11 is 1.71. The molecular weight excluding hydrogens is 342 g/mol. The van der Waals surface area contributed by atoms with Crippen molar-refractivity contribution in [2.45, 2.75) is 26.2 Å². The zero-order chi connectivity index (χ0) is 17.9. The molecule has 134 valence electrons. The number of hydrogen-bond acceptors (Lipinski definition) is 3. The minimum absolute atomic E-state index is 0.102. The highest BCUT2D eigenvalue weighted by atomic mass is 32.1. The Morgan fingerprint density at radius 2 is 1.88 bits per heavy atom. The first-order valence-corrected chi connectivity index (χ1v) is 10.1. The molecule has 2 aromatic carbocycles. The number of amides is 1. The van der Waals surface area contributed by atoms with Crippen LogP contribution in [0.15, 0.2) is 42.5 Å². The molecule has 2 N–H and O–H groups in total. The molecule has 1 saturated heterocycles. The van der Waals surface area contributed by atoms with Crippen LogP contribution in [-0.2, 0) is 4.79 Å². The smallest absolute Gasteiger partial charge is 0.279 e. The van der Waals surface area contributed by atoms with Gasteiger partial charge in [-0.15, -0.1) is 11.3 Å². The summed E-state index contributed by atoms with van der Waals surface area (Å²) < 4.78 is 1.21. The van der Waals surface area contributed by atoms with Crippen molar-refractivity contribution in [2.75, 3.05) is 25.0 Å². The van der Waals surface area contributed by atoms with Crippen molar-refractivity contribution in [3.05, 3.63) is 48.0 Å². The quantitative estimate of drug-likeness (QED) is 0.744. The summed E-state index contributed by atoms with van der Waals surface area (Å²) in [7, 11) is 0. The van der Waals surface area contributed by atoms with Crippen molar-refractivity contribution >= 4 is 33.1 Å². The molecule has 3 aromatic rings. The molecular formula is C21H24N3OS+. The highest BCUT2D eigenvalue weighted by Gasteiger charge is 2.17. The predicted molar refractivity (Wildman–Crippen MR) is 108 cm³/mol. The van der Waals surface area contributed by atoms with E-state index in [2.05, 4.69) is 30.4 Å². The summed E-state index contributed by atoms with van der Waals surface area (Å²) in [5.41, 5.74) is 4.23. The number of quaternary nitrogens is 1. The molecule has 0 saturated carbocycles. The maximum atomic E-state index is 12.2. The third-order valence-electron chi connectivity index (χ3n) is 4.93. The van der Waals surface area contributed by atoms with E-state index in [1.54, 1.807) is 11.3 Å². The Labute approximate surface area is 157 Å². The molecule has 0 atom stereocenters. The molecule has 1 aliphatic heterocycles. The standard InChI is InChI=1S/C21H23N3OS/c1-15-5-10-18-19(13-15)26-21(23-18)16-6-8-17(9-7-16)22-20(25)14-24-11-3-2-4-12-24/h5-10,13H,2-4,11-12,14H2,1H3,(H,22,25)/p+1. The fourth-order valence-corrected chi connectivity index (χ4v) is 4.58. The zero-order valence-corrected chi connectivity index (χ0v) is 15.9. The Kier molecular flexibility index (Phi) is 5.00. The van der Waals surface area contributed by atoms with Crippen LogP contribution in [0.5, 0.6) is 0 Å². The average molecular weight is 367 g/mol. The maximum absolute atomic E-state index is 12.2. The van der Waals surface area contributed by atoms with E-state index in [0.717, 1.165) is 34.9 Å². The third kappa shape index (κ3) is 3.94. The van der Waals surface area contributed by atoms with E-state index in [-0.39, 0.29) is 5.91 Å². The molecule has 0 unspecified atom stereocenters. The zero-order valence-electron chi connectivity index (χ0n) is 15.0. The van der Waals surface area contributed by atoms with E-state index >= 15 is 0 Å². The lowest BCUT2D eigenvalue weighted by Crippen LogP contribution is -3.13. The number of carbonyl (C=O) groups is 1. The molecule has 1 aliphatic rings. The molecule has 1 amide bonds. The van der Waals surface area contributed by atoms with Crippen molar-refractivity contribution < 1.29 is 9.69 Å². The van der Waals surface area contributed by atoms with Gasteiger partial charge in [0.25, 0.3) is 5.91 Å². The van der Waals surface area contributed by atoms with Gasteiger partial charge in [0.2, 0.25) is 0 Å². The van der Waals surface area contributed by atoms with Crippen LogP contribution in [0.1, 0.15) is 24.8 Å². The van der Waals surface area contributed by atoms with Gasteiger partial charge in [-0.2, -0.15) is 0 Å². The van der Waals surface area contributed by atoms with E-state index in [4.69, 9.17) is 4.98 Å². The van der Waals surface area contributed by atoms with Gasteiger partial charge in [-0.25, -0.2) is 4.98 Å². The first-order valence-electron chi connectivity index (χ1n) is 9.28. The average Bonchev–Trinajstić information content (AvgIpc) is 3.06. The molecule has 1 aromatic heterocycles. The monoisotopic (exact) mass is 366 g/mol. The van der Waals surface area contributed by atoms with Crippen LogP contribution in [0.4, 0.5) is 5.69 Å². The molecule has 26 heavy (non-hydrogen) atoms. The summed E-state index contributed by atoms with van der Waals surface area (Å²) in [6, 6.07) is 14.3. The molecule has 0 bridgehead atoms. The number of rotatable bonds is 4. The number of hydrogen-bond donors (Lipinski definition) is 2.